The molecule has 0 unspecified atom stereocenters. The number of fused-ring (bicyclic) bond motifs is 1. The number of pyridine rings is 1. The van der Waals surface area contributed by atoms with Crippen LogP contribution in [0, 0.1) is 0 Å². The Labute approximate surface area is 158 Å². The summed E-state index contributed by atoms with van der Waals surface area (Å²) in [4.78, 5) is 18.9. The Morgan fingerprint density at radius 2 is 1.89 bits per heavy atom. The average molecular weight is 362 g/mol. The van der Waals surface area contributed by atoms with Crippen molar-refractivity contribution in [2.45, 2.75) is 12.8 Å². The lowest BCUT2D eigenvalue weighted by Gasteiger charge is -2.20. The molecule has 1 aliphatic rings. The summed E-state index contributed by atoms with van der Waals surface area (Å²) in [6.07, 6.45) is 3.15. The third kappa shape index (κ3) is 3.30. The molecule has 138 valence electrons. The van der Waals surface area contributed by atoms with E-state index < -0.39 is 0 Å². The van der Waals surface area contributed by atoms with Gasteiger partial charge in [-0.05, 0) is 12.5 Å². The summed E-state index contributed by atoms with van der Waals surface area (Å²) in [6.45, 7) is 1.32. The maximum Gasteiger partial charge on any atom is 0.254 e. The lowest BCUT2D eigenvalue weighted by atomic mass is 10.0. The zero-order valence-corrected chi connectivity index (χ0v) is 15.6. The smallest absolute Gasteiger partial charge is 0.254 e. The number of aryl methyl sites for hydroxylation is 1. The van der Waals surface area contributed by atoms with E-state index in [-0.39, 0.29) is 5.91 Å². The van der Waals surface area contributed by atoms with Crippen molar-refractivity contribution in [3.63, 3.8) is 0 Å². The Hall–Kier alpha value is -3.15. The summed E-state index contributed by atoms with van der Waals surface area (Å²) < 4.78 is 7.10. The molecule has 1 aromatic carbocycles. The third-order valence-electron chi connectivity index (χ3n) is 5.00. The first kappa shape index (κ1) is 17.3. The van der Waals surface area contributed by atoms with Gasteiger partial charge in [-0.1, -0.05) is 30.3 Å². The number of carbonyl (C=O) groups is 1. The topological polar surface area (TPSA) is 60.2 Å². The van der Waals surface area contributed by atoms with Gasteiger partial charge >= 0.3 is 0 Å². The summed E-state index contributed by atoms with van der Waals surface area (Å²) in [5.41, 5.74) is 5.23. The van der Waals surface area contributed by atoms with Crippen molar-refractivity contribution in [1.82, 2.24) is 19.7 Å². The normalized spacial score (nSPS) is 13.8. The minimum Gasteiger partial charge on any atom is -0.481 e. The second kappa shape index (κ2) is 7.23. The molecule has 0 radical (unpaired) electrons. The van der Waals surface area contributed by atoms with Crippen molar-refractivity contribution in [1.29, 1.82) is 0 Å². The largest absolute Gasteiger partial charge is 0.481 e. The van der Waals surface area contributed by atoms with Gasteiger partial charge < -0.3 is 9.64 Å². The van der Waals surface area contributed by atoms with Gasteiger partial charge in [0.05, 0.1) is 18.5 Å². The Morgan fingerprint density at radius 1 is 1.11 bits per heavy atom. The van der Waals surface area contributed by atoms with E-state index in [1.54, 1.807) is 25.4 Å². The van der Waals surface area contributed by atoms with Gasteiger partial charge in [-0.25, -0.2) is 4.98 Å². The Bertz CT molecular complexity index is 966. The molecule has 0 bridgehead atoms. The van der Waals surface area contributed by atoms with E-state index in [9.17, 15) is 4.79 Å². The molecule has 27 heavy (non-hydrogen) atoms. The molecule has 6 nitrogen and oxygen atoms in total. The van der Waals surface area contributed by atoms with Crippen molar-refractivity contribution in [3.8, 4) is 17.1 Å². The first-order valence-electron chi connectivity index (χ1n) is 9.07. The van der Waals surface area contributed by atoms with Crippen LogP contribution in [-0.2, 0) is 19.9 Å². The van der Waals surface area contributed by atoms with Crippen LogP contribution in [0.2, 0.25) is 0 Å². The number of ether oxygens (including phenoxy) is 1. The van der Waals surface area contributed by atoms with Crippen LogP contribution in [0.15, 0.2) is 48.7 Å². The SMILES string of the molecule is COc1cc(C(=O)N2CCc3nn(C)c(-c4ccccc4)c3CC2)ccn1. The molecule has 3 aromatic rings. The molecule has 0 saturated carbocycles. The molecule has 0 aliphatic carbocycles. The molecule has 0 N–H and O–H groups in total. The molecule has 0 fully saturated rings. The van der Waals surface area contributed by atoms with Crippen LogP contribution in [0.1, 0.15) is 21.6 Å². The summed E-state index contributed by atoms with van der Waals surface area (Å²) >= 11 is 0. The van der Waals surface area contributed by atoms with Gasteiger partial charge in [0, 0.05) is 55.5 Å². The van der Waals surface area contributed by atoms with Crippen molar-refractivity contribution in [2.24, 2.45) is 7.05 Å². The number of benzene rings is 1. The van der Waals surface area contributed by atoms with Crippen LogP contribution in [0.4, 0.5) is 0 Å². The molecule has 6 heteroatoms. The summed E-state index contributed by atoms with van der Waals surface area (Å²) in [5, 5.41) is 4.73. The predicted octanol–water partition coefficient (Wildman–Crippen LogP) is 2.73. The molecule has 1 aliphatic heterocycles. The number of amides is 1. The van der Waals surface area contributed by atoms with E-state index in [2.05, 4.69) is 17.1 Å². The second-order valence-corrected chi connectivity index (χ2v) is 6.64. The monoisotopic (exact) mass is 362 g/mol. The van der Waals surface area contributed by atoms with Crippen molar-refractivity contribution in [2.75, 3.05) is 20.2 Å². The van der Waals surface area contributed by atoms with Crippen molar-refractivity contribution >= 4 is 5.91 Å². The summed E-state index contributed by atoms with van der Waals surface area (Å²) in [7, 11) is 3.54. The van der Waals surface area contributed by atoms with Gasteiger partial charge in [-0.3, -0.25) is 9.48 Å². The molecular weight excluding hydrogens is 340 g/mol. The zero-order chi connectivity index (χ0) is 18.8. The van der Waals surface area contributed by atoms with Crippen LogP contribution in [0.3, 0.4) is 0 Å². The number of methoxy groups -OCH3 is 1. The van der Waals surface area contributed by atoms with Crippen LogP contribution in [-0.4, -0.2) is 45.8 Å². The first-order valence-corrected chi connectivity index (χ1v) is 9.07. The maximum absolute atomic E-state index is 12.9. The van der Waals surface area contributed by atoms with E-state index in [1.807, 2.05) is 34.8 Å². The molecule has 2 aromatic heterocycles. The highest BCUT2D eigenvalue weighted by molar-refractivity contribution is 5.94. The van der Waals surface area contributed by atoms with Crippen LogP contribution >= 0.6 is 0 Å². The van der Waals surface area contributed by atoms with E-state index in [0.29, 0.717) is 24.5 Å². The van der Waals surface area contributed by atoms with Gasteiger partial charge in [0.2, 0.25) is 5.88 Å². The standard InChI is InChI=1S/C21H22N4O2/c1-24-20(15-6-4-3-5-7-15)17-9-12-25(13-10-18(17)23-24)21(26)16-8-11-22-19(14-16)27-2/h3-8,11,14H,9-10,12-13H2,1-2H3. The number of carbonyl (C=O) groups excluding carboxylic acids is 1. The number of aromatic nitrogens is 3. The van der Waals surface area contributed by atoms with Gasteiger partial charge in [-0.2, -0.15) is 5.10 Å². The van der Waals surface area contributed by atoms with Crippen LogP contribution < -0.4 is 4.74 Å². The van der Waals surface area contributed by atoms with Crippen LogP contribution in [0.25, 0.3) is 11.3 Å². The highest BCUT2D eigenvalue weighted by Crippen LogP contribution is 2.28. The number of nitrogens with zero attached hydrogens (tertiary/aromatic N) is 4. The second-order valence-electron chi connectivity index (χ2n) is 6.64. The lowest BCUT2D eigenvalue weighted by Crippen LogP contribution is -2.33. The number of rotatable bonds is 3. The van der Waals surface area contributed by atoms with Crippen molar-refractivity contribution in [3.05, 3.63) is 65.5 Å². The van der Waals surface area contributed by atoms with E-state index in [4.69, 9.17) is 9.84 Å². The zero-order valence-electron chi connectivity index (χ0n) is 15.6. The highest BCUT2D eigenvalue weighted by Gasteiger charge is 2.25. The van der Waals surface area contributed by atoms with Gasteiger partial charge in [-0.15, -0.1) is 0 Å². The minimum atomic E-state index is 0.00601. The summed E-state index contributed by atoms with van der Waals surface area (Å²) in [5.74, 6) is 0.458. The fourth-order valence-corrected chi connectivity index (χ4v) is 3.68. The van der Waals surface area contributed by atoms with Gasteiger partial charge in [0.15, 0.2) is 0 Å². The molecule has 0 atom stereocenters. The average Bonchev–Trinajstić information content (AvgIpc) is 2.89. The molecule has 0 saturated heterocycles. The maximum atomic E-state index is 12.9. The lowest BCUT2D eigenvalue weighted by molar-refractivity contribution is 0.0762. The Morgan fingerprint density at radius 3 is 2.67 bits per heavy atom. The summed E-state index contributed by atoms with van der Waals surface area (Å²) in [6, 6.07) is 13.7. The first-order chi connectivity index (χ1) is 13.2. The highest BCUT2D eigenvalue weighted by atomic mass is 16.5. The molecule has 0 spiro atoms. The van der Waals surface area contributed by atoms with Crippen LogP contribution in [0.5, 0.6) is 5.88 Å². The molecule has 4 rings (SSSR count). The van der Waals surface area contributed by atoms with Gasteiger partial charge in [0.25, 0.3) is 5.91 Å². The minimum absolute atomic E-state index is 0.00601. The van der Waals surface area contributed by atoms with E-state index >= 15 is 0 Å². The van der Waals surface area contributed by atoms with Gasteiger partial charge in [0.1, 0.15) is 0 Å². The Balaban J connectivity index is 1.59. The number of hydrogen-bond donors (Lipinski definition) is 0. The number of hydrogen-bond acceptors (Lipinski definition) is 4. The van der Waals surface area contributed by atoms with Crippen molar-refractivity contribution < 1.29 is 9.53 Å². The van der Waals surface area contributed by atoms with E-state index in [0.717, 1.165) is 29.8 Å². The molecule has 1 amide bonds. The molecule has 3 heterocycles. The quantitative estimate of drug-likeness (QED) is 0.719. The van der Waals surface area contributed by atoms with E-state index in [1.165, 1.54) is 5.56 Å². The fraction of sp³-hybridized carbons (Fsp3) is 0.286. The third-order valence-corrected chi connectivity index (χ3v) is 5.00. The fourth-order valence-electron chi connectivity index (χ4n) is 3.68. The molecular formula is C21H22N4O2. The Kier molecular flexibility index (Phi) is 4.62. The predicted molar refractivity (Wildman–Crippen MR) is 103 cm³/mol.